The third-order valence-electron chi connectivity index (χ3n) is 2.83. The molecule has 0 aliphatic heterocycles. The second-order valence-corrected chi connectivity index (χ2v) is 5.89. The molecule has 1 aromatic carbocycles. The van der Waals surface area contributed by atoms with Gasteiger partial charge in [-0.05, 0) is 44.4 Å². The second kappa shape index (κ2) is 6.90. The van der Waals surface area contributed by atoms with Crippen LogP contribution in [0.25, 0.3) is 0 Å². The van der Waals surface area contributed by atoms with Crippen molar-refractivity contribution in [2.75, 3.05) is 6.61 Å². The fourth-order valence-electron chi connectivity index (χ4n) is 1.54. The number of hydrogen-bond donors (Lipinski definition) is 1. The van der Waals surface area contributed by atoms with Crippen LogP contribution in [0.4, 0.5) is 0 Å². The Morgan fingerprint density at radius 3 is 2.78 bits per heavy atom. The molecule has 0 heterocycles. The molecule has 0 saturated heterocycles. The van der Waals surface area contributed by atoms with Crippen LogP contribution in [0.3, 0.4) is 0 Å². The first-order valence-electron chi connectivity index (χ1n) is 5.97. The van der Waals surface area contributed by atoms with Crippen LogP contribution in [0.1, 0.15) is 32.3 Å². The van der Waals surface area contributed by atoms with Crippen LogP contribution < -0.4 is 0 Å². The molecular formula is C14H19BrO3. The largest absolute Gasteiger partial charge is 0.481 e. The molecule has 0 bridgehead atoms. The third-order valence-corrected chi connectivity index (χ3v) is 3.32. The van der Waals surface area contributed by atoms with E-state index in [4.69, 9.17) is 9.84 Å². The smallest absolute Gasteiger partial charge is 0.309 e. The van der Waals surface area contributed by atoms with E-state index in [2.05, 4.69) is 15.9 Å². The van der Waals surface area contributed by atoms with Gasteiger partial charge in [0, 0.05) is 11.1 Å². The summed E-state index contributed by atoms with van der Waals surface area (Å²) in [4.78, 5) is 10.9. The molecule has 0 aromatic heterocycles. The zero-order chi connectivity index (χ0) is 13.6. The van der Waals surface area contributed by atoms with Gasteiger partial charge in [-0.2, -0.15) is 0 Å². The van der Waals surface area contributed by atoms with Crippen molar-refractivity contribution in [2.45, 2.75) is 33.3 Å². The van der Waals surface area contributed by atoms with Crippen LogP contribution in [-0.2, 0) is 16.1 Å². The molecular weight excluding hydrogens is 296 g/mol. The number of carbonyl (C=O) groups is 1. The van der Waals surface area contributed by atoms with E-state index in [1.165, 1.54) is 0 Å². The fourth-order valence-corrected chi connectivity index (χ4v) is 1.99. The quantitative estimate of drug-likeness (QED) is 0.777. The lowest BCUT2D eigenvalue weighted by Crippen LogP contribution is -2.23. The molecule has 3 nitrogen and oxygen atoms in total. The van der Waals surface area contributed by atoms with E-state index < -0.39 is 11.4 Å². The Labute approximate surface area is 116 Å². The highest BCUT2D eigenvalue weighted by atomic mass is 79.9. The number of carboxylic acids is 1. The van der Waals surface area contributed by atoms with E-state index >= 15 is 0 Å². The maximum atomic E-state index is 10.9. The van der Waals surface area contributed by atoms with Crippen LogP contribution in [0.2, 0.25) is 0 Å². The van der Waals surface area contributed by atoms with Gasteiger partial charge in [0.25, 0.3) is 0 Å². The molecule has 0 aliphatic carbocycles. The maximum Gasteiger partial charge on any atom is 0.309 e. The Morgan fingerprint density at radius 2 is 2.17 bits per heavy atom. The van der Waals surface area contributed by atoms with Crippen LogP contribution in [0.15, 0.2) is 28.7 Å². The molecule has 0 radical (unpaired) electrons. The van der Waals surface area contributed by atoms with E-state index in [1.807, 2.05) is 24.3 Å². The van der Waals surface area contributed by atoms with Crippen molar-refractivity contribution < 1.29 is 14.6 Å². The van der Waals surface area contributed by atoms with Crippen molar-refractivity contribution in [3.05, 3.63) is 34.3 Å². The van der Waals surface area contributed by atoms with Gasteiger partial charge in [0.2, 0.25) is 0 Å². The predicted molar refractivity (Wildman–Crippen MR) is 74.4 cm³/mol. The van der Waals surface area contributed by atoms with Crippen LogP contribution >= 0.6 is 15.9 Å². The maximum absolute atomic E-state index is 10.9. The minimum atomic E-state index is -0.755. The van der Waals surface area contributed by atoms with Gasteiger partial charge in [-0.1, -0.05) is 28.1 Å². The molecule has 4 heteroatoms. The summed E-state index contributed by atoms with van der Waals surface area (Å²) in [6, 6.07) is 7.96. The Morgan fingerprint density at radius 1 is 1.44 bits per heavy atom. The number of halogens is 1. The highest BCUT2D eigenvalue weighted by Crippen LogP contribution is 2.22. The number of hydrogen-bond acceptors (Lipinski definition) is 2. The molecule has 0 unspecified atom stereocenters. The van der Waals surface area contributed by atoms with Crippen molar-refractivity contribution in [1.29, 1.82) is 0 Å². The molecule has 0 aliphatic rings. The molecule has 0 spiro atoms. The van der Waals surface area contributed by atoms with E-state index in [1.54, 1.807) is 13.8 Å². The highest BCUT2D eigenvalue weighted by Gasteiger charge is 2.25. The number of carboxylic acid groups (broad SMARTS) is 1. The SMILES string of the molecule is CC(C)(CCCOCc1cccc(Br)c1)C(=O)O. The van der Waals surface area contributed by atoms with Crippen molar-refractivity contribution >= 4 is 21.9 Å². The number of benzene rings is 1. The normalized spacial score (nSPS) is 11.5. The van der Waals surface area contributed by atoms with Crippen LogP contribution in [0.5, 0.6) is 0 Å². The molecule has 1 aromatic rings. The minimum absolute atomic E-state index is 0.562. The van der Waals surface area contributed by atoms with Gasteiger partial charge >= 0.3 is 5.97 Å². The van der Waals surface area contributed by atoms with Crippen molar-refractivity contribution in [3.8, 4) is 0 Å². The summed E-state index contributed by atoms with van der Waals surface area (Å²) in [7, 11) is 0. The van der Waals surface area contributed by atoms with E-state index in [9.17, 15) is 4.79 Å². The number of ether oxygens (including phenoxy) is 1. The summed E-state index contributed by atoms with van der Waals surface area (Å²) < 4.78 is 6.57. The first-order chi connectivity index (χ1) is 8.42. The molecule has 0 saturated carbocycles. The molecule has 0 amide bonds. The number of rotatable bonds is 7. The summed E-state index contributed by atoms with van der Waals surface area (Å²) >= 11 is 3.41. The van der Waals surface area contributed by atoms with E-state index in [0.717, 1.165) is 16.5 Å². The van der Waals surface area contributed by atoms with Crippen molar-refractivity contribution in [2.24, 2.45) is 5.41 Å². The van der Waals surface area contributed by atoms with Gasteiger partial charge < -0.3 is 9.84 Å². The lowest BCUT2D eigenvalue weighted by Gasteiger charge is -2.18. The van der Waals surface area contributed by atoms with E-state index in [-0.39, 0.29) is 0 Å². The van der Waals surface area contributed by atoms with E-state index in [0.29, 0.717) is 19.6 Å². The van der Waals surface area contributed by atoms with Gasteiger partial charge in [-0.25, -0.2) is 0 Å². The zero-order valence-corrected chi connectivity index (χ0v) is 12.4. The highest BCUT2D eigenvalue weighted by molar-refractivity contribution is 9.10. The molecule has 1 N–H and O–H groups in total. The van der Waals surface area contributed by atoms with Crippen molar-refractivity contribution in [1.82, 2.24) is 0 Å². The van der Waals surface area contributed by atoms with Gasteiger partial charge in [0.15, 0.2) is 0 Å². The standard InChI is InChI=1S/C14H19BrO3/c1-14(2,13(16)17)7-4-8-18-10-11-5-3-6-12(15)9-11/h3,5-6,9H,4,7-8,10H2,1-2H3,(H,16,17). The first kappa shape index (κ1) is 15.2. The Balaban J connectivity index is 2.22. The monoisotopic (exact) mass is 314 g/mol. The van der Waals surface area contributed by atoms with Gasteiger partial charge in [-0.15, -0.1) is 0 Å². The molecule has 100 valence electrons. The lowest BCUT2D eigenvalue weighted by molar-refractivity contribution is -0.147. The Kier molecular flexibility index (Phi) is 5.82. The topological polar surface area (TPSA) is 46.5 Å². The second-order valence-electron chi connectivity index (χ2n) is 4.98. The summed E-state index contributed by atoms with van der Waals surface area (Å²) in [5.41, 5.74) is 0.445. The van der Waals surface area contributed by atoms with Gasteiger partial charge in [0.05, 0.1) is 12.0 Å². The minimum Gasteiger partial charge on any atom is -0.481 e. The van der Waals surface area contributed by atoms with Crippen molar-refractivity contribution in [3.63, 3.8) is 0 Å². The van der Waals surface area contributed by atoms with Gasteiger partial charge in [0.1, 0.15) is 0 Å². The predicted octanol–water partition coefficient (Wildman–Crippen LogP) is 3.86. The summed E-state index contributed by atoms with van der Waals surface area (Å²) in [5, 5.41) is 8.96. The number of aliphatic carboxylic acids is 1. The van der Waals surface area contributed by atoms with Crippen LogP contribution in [-0.4, -0.2) is 17.7 Å². The summed E-state index contributed by atoms with van der Waals surface area (Å²) in [5.74, 6) is -0.755. The zero-order valence-electron chi connectivity index (χ0n) is 10.8. The lowest BCUT2D eigenvalue weighted by atomic mass is 9.88. The first-order valence-corrected chi connectivity index (χ1v) is 6.77. The Hall–Kier alpha value is -0.870. The summed E-state index contributed by atoms with van der Waals surface area (Å²) in [6.45, 7) is 4.63. The fraction of sp³-hybridized carbons (Fsp3) is 0.500. The molecule has 1 rings (SSSR count). The molecule has 18 heavy (non-hydrogen) atoms. The van der Waals surface area contributed by atoms with Gasteiger partial charge in [-0.3, -0.25) is 4.79 Å². The average molecular weight is 315 g/mol. The molecule has 0 fully saturated rings. The van der Waals surface area contributed by atoms with Crippen LogP contribution in [0, 0.1) is 5.41 Å². The summed E-state index contributed by atoms with van der Waals surface area (Å²) in [6.07, 6.45) is 1.38. The average Bonchev–Trinajstić information content (AvgIpc) is 2.28. The Bertz CT molecular complexity index is 402. The third kappa shape index (κ3) is 5.19. The molecule has 0 atom stereocenters.